The van der Waals surface area contributed by atoms with Crippen molar-refractivity contribution in [1.82, 2.24) is 14.9 Å². The zero-order valence-corrected chi connectivity index (χ0v) is 17.1. The lowest BCUT2D eigenvalue weighted by molar-refractivity contribution is -0.121. The molecule has 0 aliphatic heterocycles. The van der Waals surface area contributed by atoms with E-state index >= 15 is 0 Å². The number of rotatable bonds is 7. The number of nitrogens with one attached hydrogen (secondary N) is 1. The summed E-state index contributed by atoms with van der Waals surface area (Å²) < 4.78 is 15.0. The summed E-state index contributed by atoms with van der Waals surface area (Å²) in [6, 6.07) is 13.0. The summed E-state index contributed by atoms with van der Waals surface area (Å²) in [5, 5.41) is 12.4. The molecule has 0 fully saturated rings. The average Bonchev–Trinajstić information content (AvgIpc) is 2.72. The molecule has 30 heavy (non-hydrogen) atoms. The van der Waals surface area contributed by atoms with Crippen LogP contribution in [-0.2, 0) is 24.3 Å². The number of hydrogen-bond donors (Lipinski definition) is 2. The first-order valence-electron chi connectivity index (χ1n) is 9.38. The minimum atomic E-state index is -0.468. The number of halogens is 2. The quantitative estimate of drug-likeness (QED) is 0.605. The van der Waals surface area contributed by atoms with Gasteiger partial charge in [-0.05, 0) is 25.1 Å². The maximum atomic E-state index is 13.8. The summed E-state index contributed by atoms with van der Waals surface area (Å²) in [6.07, 6.45) is 0.129. The summed E-state index contributed by atoms with van der Waals surface area (Å²) in [5.41, 5.74) is 1.33. The molecule has 6 nitrogen and oxygen atoms in total. The molecule has 0 saturated heterocycles. The van der Waals surface area contributed by atoms with Crippen molar-refractivity contribution in [2.45, 2.75) is 26.4 Å². The minimum Gasteiger partial charge on any atom is -0.396 e. The van der Waals surface area contributed by atoms with Crippen LogP contribution in [0.2, 0.25) is 5.02 Å². The van der Waals surface area contributed by atoms with Gasteiger partial charge in [0.2, 0.25) is 5.91 Å². The average molecular weight is 430 g/mol. The van der Waals surface area contributed by atoms with Crippen LogP contribution in [0, 0.1) is 12.7 Å². The second kappa shape index (κ2) is 9.65. The molecule has 0 radical (unpaired) electrons. The van der Waals surface area contributed by atoms with Gasteiger partial charge in [0.1, 0.15) is 18.2 Å². The fraction of sp³-hybridized carbons (Fsp3) is 0.227. The molecule has 1 amide bonds. The van der Waals surface area contributed by atoms with Gasteiger partial charge in [-0.2, -0.15) is 0 Å². The number of aromatic nitrogens is 2. The molecule has 156 valence electrons. The third-order valence-corrected chi connectivity index (χ3v) is 4.88. The van der Waals surface area contributed by atoms with Crippen molar-refractivity contribution in [3.8, 4) is 11.4 Å². The van der Waals surface area contributed by atoms with Crippen LogP contribution in [0.5, 0.6) is 0 Å². The van der Waals surface area contributed by atoms with Crippen molar-refractivity contribution < 1.29 is 14.3 Å². The first-order chi connectivity index (χ1) is 14.4. The number of nitrogens with zero attached hydrogens (tertiary/aromatic N) is 2. The van der Waals surface area contributed by atoms with Crippen LogP contribution in [0.1, 0.15) is 16.8 Å². The first kappa shape index (κ1) is 21.7. The molecule has 8 heteroatoms. The third-order valence-electron chi connectivity index (χ3n) is 4.65. The molecule has 0 spiro atoms. The molecular weight excluding hydrogens is 409 g/mol. The lowest BCUT2D eigenvalue weighted by Crippen LogP contribution is -2.35. The van der Waals surface area contributed by atoms with Crippen molar-refractivity contribution >= 4 is 17.5 Å². The Morgan fingerprint density at radius 2 is 2.00 bits per heavy atom. The molecule has 0 aliphatic carbocycles. The maximum Gasteiger partial charge on any atom is 0.257 e. The molecule has 0 saturated carbocycles. The fourth-order valence-electron chi connectivity index (χ4n) is 3.13. The molecule has 0 aliphatic rings. The van der Waals surface area contributed by atoms with E-state index in [2.05, 4.69) is 10.3 Å². The molecule has 2 N–H and O–H groups in total. The van der Waals surface area contributed by atoms with Gasteiger partial charge >= 0.3 is 0 Å². The van der Waals surface area contributed by atoms with Gasteiger partial charge in [-0.25, -0.2) is 9.37 Å². The molecule has 1 aromatic heterocycles. The van der Waals surface area contributed by atoms with Crippen LogP contribution in [0.25, 0.3) is 11.4 Å². The largest absolute Gasteiger partial charge is 0.396 e. The van der Waals surface area contributed by atoms with E-state index < -0.39 is 17.3 Å². The normalized spacial score (nSPS) is 10.8. The summed E-state index contributed by atoms with van der Waals surface area (Å²) in [5.74, 6) is -0.594. The lowest BCUT2D eigenvalue weighted by Gasteiger charge is -2.16. The number of aliphatic hydroxyl groups excluding tert-OH is 1. The van der Waals surface area contributed by atoms with E-state index in [1.807, 2.05) is 0 Å². The van der Waals surface area contributed by atoms with E-state index in [1.165, 1.54) is 10.6 Å². The van der Waals surface area contributed by atoms with Crippen molar-refractivity contribution in [3.05, 3.63) is 86.5 Å². The number of amides is 1. The monoisotopic (exact) mass is 429 g/mol. The Labute approximate surface area is 178 Å². The zero-order chi connectivity index (χ0) is 21.7. The standard InChI is InChI=1S/C22H21ClFN3O3/c1-14-18(9-10-28)22(30)27(21(26-14)15-6-4-7-17(23)11-15)13-20(29)25-12-16-5-2-3-8-19(16)24/h2-8,11,28H,9-10,12-13H2,1H3,(H,25,29). The van der Waals surface area contributed by atoms with Gasteiger partial charge in [-0.15, -0.1) is 0 Å². The van der Waals surface area contributed by atoms with E-state index in [-0.39, 0.29) is 26.1 Å². The van der Waals surface area contributed by atoms with E-state index in [0.717, 1.165) is 0 Å². The smallest absolute Gasteiger partial charge is 0.257 e. The molecule has 3 rings (SSSR count). The number of hydrogen-bond acceptors (Lipinski definition) is 4. The van der Waals surface area contributed by atoms with Crippen LogP contribution >= 0.6 is 11.6 Å². The third kappa shape index (κ3) is 4.93. The molecule has 1 heterocycles. The minimum absolute atomic E-state index is 0.00442. The van der Waals surface area contributed by atoms with Crippen molar-refractivity contribution in [3.63, 3.8) is 0 Å². The van der Waals surface area contributed by atoms with Crippen LogP contribution < -0.4 is 10.9 Å². The Bertz CT molecular complexity index is 1130. The second-order valence-electron chi connectivity index (χ2n) is 6.74. The fourth-order valence-corrected chi connectivity index (χ4v) is 3.32. The van der Waals surface area contributed by atoms with E-state index in [4.69, 9.17) is 11.6 Å². The highest BCUT2D eigenvalue weighted by atomic mass is 35.5. The number of benzene rings is 2. The maximum absolute atomic E-state index is 13.8. The molecule has 0 bridgehead atoms. The highest BCUT2D eigenvalue weighted by molar-refractivity contribution is 6.30. The Hall–Kier alpha value is -3.03. The highest BCUT2D eigenvalue weighted by Gasteiger charge is 2.18. The summed E-state index contributed by atoms with van der Waals surface area (Å²) in [4.78, 5) is 30.1. The SMILES string of the molecule is Cc1nc(-c2cccc(Cl)c2)n(CC(=O)NCc2ccccc2F)c(=O)c1CCO. The molecular formula is C22H21ClFN3O3. The number of carbonyl (C=O) groups is 1. The predicted molar refractivity (Wildman–Crippen MR) is 113 cm³/mol. The van der Waals surface area contributed by atoms with Gasteiger partial charge in [-0.3, -0.25) is 14.2 Å². The number of aliphatic hydroxyl groups is 1. The van der Waals surface area contributed by atoms with E-state index in [1.54, 1.807) is 49.4 Å². The van der Waals surface area contributed by atoms with E-state index in [0.29, 0.717) is 33.2 Å². The second-order valence-corrected chi connectivity index (χ2v) is 7.18. The van der Waals surface area contributed by atoms with Crippen molar-refractivity contribution in [2.24, 2.45) is 0 Å². The van der Waals surface area contributed by atoms with Crippen molar-refractivity contribution in [1.29, 1.82) is 0 Å². The Morgan fingerprint density at radius 3 is 2.70 bits per heavy atom. The summed E-state index contributed by atoms with van der Waals surface area (Å²) in [7, 11) is 0. The van der Waals surface area contributed by atoms with Gasteiger partial charge in [0, 0.05) is 47.0 Å². The Kier molecular flexibility index (Phi) is 6.97. The van der Waals surface area contributed by atoms with Crippen LogP contribution in [0.3, 0.4) is 0 Å². The van der Waals surface area contributed by atoms with Gasteiger partial charge in [0.05, 0.1) is 0 Å². The summed E-state index contributed by atoms with van der Waals surface area (Å²) in [6.45, 7) is 1.16. The topological polar surface area (TPSA) is 84.2 Å². The number of aryl methyl sites for hydroxylation is 1. The highest BCUT2D eigenvalue weighted by Crippen LogP contribution is 2.21. The van der Waals surface area contributed by atoms with Gasteiger partial charge in [-0.1, -0.05) is 41.9 Å². The molecule has 0 unspecified atom stereocenters. The molecule has 2 aromatic carbocycles. The summed E-state index contributed by atoms with van der Waals surface area (Å²) >= 11 is 6.08. The van der Waals surface area contributed by atoms with Gasteiger partial charge < -0.3 is 10.4 Å². The number of carbonyl (C=O) groups excluding carboxylic acids is 1. The van der Waals surface area contributed by atoms with Crippen LogP contribution in [-0.4, -0.2) is 27.2 Å². The predicted octanol–water partition coefficient (Wildman–Crippen LogP) is 2.86. The van der Waals surface area contributed by atoms with Gasteiger partial charge in [0.25, 0.3) is 5.56 Å². The Morgan fingerprint density at radius 1 is 1.23 bits per heavy atom. The Balaban J connectivity index is 1.95. The molecule has 3 aromatic rings. The van der Waals surface area contributed by atoms with Gasteiger partial charge in [0.15, 0.2) is 0 Å². The van der Waals surface area contributed by atoms with Crippen LogP contribution in [0.4, 0.5) is 4.39 Å². The van der Waals surface area contributed by atoms with Crippen molar-refractivity contribution in [2.75, 3.05) is 6.61 Å². The molecule has 0 atom stereocenters. The van der Waals surface area contributed by atoms with E-state index in [9.17, 15) is 19.1 Å². The zero-order valence-electron chi connectivity index (χ0n) is 16.4. The first-order valence-corrected chi connectivity index (χ1v) is 9.75. The van der Waals surface area contributed by atoms with Crippen LogP contribution in [0.15, 0.2) is 53.3 Å². The lowest BCUT2D eigenvalue weighted by atomic mass is 10.1.